The van der Waals surface area contributed by atoms with Crippen molar-refractivity contribution in [2.24, 2.45) is 0 Å². The van der Waals surface area contributed by atoms with Crippen molar-refractivity contribution in [2.75, 3.05) is 0 Å². The summed E-state index contributed by atoms with van der Waals surface area (Å²) < 4.78 is 13.0. The van der Waals surface area contributed by atoms with Gasteiger partial charge >= 0.3 is 11.9 Å². The number of carboxylic acids is 2. The molecular formula is C54H52Cl4N4O8. The first kappa shape index (κ1) is 52.0. The predicted octanol–water partition coefficient (Wildman–Crippen LogP) is 11.8. The lowest BCUT2D eigenvalue weighted by molar-refractivity contribution is -0.184. The molecule has 70 heavy (non-hydrogen) atoms. The summed E-state index contributed by atoms with van der Waals surface area (Å²) in [4.78, 5) is 63.8. The third-order valence-corrected chi connectivity index (χ3v) is 13.4. The van der Waals surface area contributed by atoms with Gasteiger partial charge in [0.2, 0.25) is 0 Å². The summed E-state index contributed by atoms with van der Waals surface area (Å²) in [7, 11) is 0. The Kier molecular flexibility index (Phi) is 18.1. The number of carbonyl (C=O) groups excluding carboxylic acids is 2. The minimum Gasteiger partial charge on any atom is -0.480 e. The second kappa shape index (κ2) is 24.3. The lowest BCUT2D eigenvalue weighted by atomic mass is 9.89. The maximum absolute atomic E-state index is 13.9. The Hall–Kier alpha value is -5.86. The number of nitrogens with zero attached hydrogens (tertiary/aromatic N) is 4. The molecule has 2 aromatic heterocycles. The molecule has 0 radical (unpaired) electrons. The highest BCUT2D eigenvalue weighted by Crippen LogP contribution is 2.46. The largest absolute Gasteiger partial charge is 0.480 e. The van der Waals surface area contributed by atoms with Crippen LogP contribution in [0, 0.1) is 0 Å². The number of hydrogen-bond donors (Lipinski definition) is 2. The Bertz CT molecular complexity index is 2500. The molecule has 364 valence electrons. The van der Waals surface area contributed by atoms with E-state index in [1.807, 2.05) is 86.6 Å². The monoisotopic (exact) mass is 1020 g/mol. The molecule has 2 fully saturated rings. The lowest BCUT2D eigenvalue weighted by Crippen LogP contribution is -2.57. The summed E-state index contributed by atoms with van der Waals surface area (Å²) in [6.45, 7) is 3.81. The Morgan fingerprint density at radius 2 is 0.786 bits per heavy atom. The van der Waals surface area contributed by atoms with Crippen molar-refractivity contribution in [1.29, 1.82) is 0 Å². The van der Waals surface area contributed by atoms with Crippen molar-refractivity contribution in [3.63, 3.8) is 0 Å². The number of benzene rings is 4. The van der Waals surface area contributed by atoms with Crippen molar-refractivity contribution in [2.45, 2.75) is 101 Å². The normalized spacial score (nSPS) is 21.1. The van der Waals surface area contributed by atoms with Crippen LogP contribution in [0.4, 0.5) is 0 Å². The van der Waals surface area contributed by atoms with Gasteiger partial charge in [0.1, 0.15) is 36.5 Å². The van der Waals surface area contributed by atoms with Crippen LogP contribution in [-0.4, -0.2) is 78.0 Å². The fraction of sp³-hybridized carbons (Fsp3) is 0.296. The molecule has 2 amide bonds. The number of ether oxygens (including phenoxy) is 2. The summed E-state index contributed by atoms with van der Waals surface area (Å²) >= 11 is 24.6. The molecule has 0 unspecified atom stereocenters. The van der Waals surface area contributed by atoms with Gasteiger partial charge in [0.25, 0.3) is 11.8 Å². The summed E-state index contributed by atoms with van der Waals surface area (Å²) in [6, 6.07) is 32.6. The molecule has 2 aliphatic rings. The standard InChI is InChI=1S/2C27H26Cl2N2O4/c2*1-2-3-22(27(33)34)31-24(18-4-8-20(28)9-5-18)25(19-6-10-21(29)11-7-19)35-23(26(31)32)16-17-12-14-30-15-13-17/h2*4-15,22-25H,2-3,16H2,1H3,(H,33,34)/t2*22-,23+,24-,25+/m10/s1. The molecule has 16 heteroatoms. The molecule has 6 aromatic rings. The summed E-state index contributed by atoms with van der Waals surface area (Å²) in [5, 5.41) is 22.6. The molecule has 0 bridgehead atoms. The van der Waals surface area contributed by atoms with Crippen LogP contribution in [0.5, 0.6) is 0 Å². The average Bonchev–Trinajstić information content (AvgIpc) is 3.35. The smallest absolute Gasteiger partial charge is 0.326 e. The number of rotatable bonds is 16. The highest BCUT2D eigenvalue weighted by molar-refractivity contribution is 6.31. The van der Waals surface area contributed by atoms with Gasteiger partial charge in [-0.05, 0) is 119 Å². The van der Waals surface area contributed by atoms with Crippen molar-refractivity contribution in [3.8, 4) is 0 Å². The second-order valence-electron chi connectivity index (χ2n) is 17.1. The van der Waals surface area contributed by atoms with E-state index in [4.69, 9.17) is 55.9 Å². The van der Waals surface area contributed by atoms with E-state index in [1.54, 1.807) is 73.3 Å². The number of aliphatic carboxylic acids is 2. The highest BCUT2D eigenvalue weighted by atomic mass is 35.5. The molecule has 4 aromatic carbocycles. The molecule has 8 atom stereocenters. The second-order valence-corrected chi connectivity index (χ2v) is 18.8. The van der Waals surface area contributed by atoms with Crippen LogP contribution in [0.3, 0.4) is 0 Å². The number of aromatic nitrogens is 2. The van der Waals surface area contributed by atoms with Gasteiger partial charge in [-0.2, -0.15) is 0 Å². The molecule has 8 rings (SSSR count). The van der Waals surface area contributed by atoms with E-state index in [0.29, 0.717) is 58.6 Å². The summed E-state index contributed by atoms with van der Waals surface area (Å²) in [5.74, 6) is -2.79. The third kappa shape index (κ3) is 12.5. The Balaban J connectivity index is 0.000000206. The maximum atomic E-state index is 13.9. The van der Waals surface area contributed by atoms with Gasteiger partial charge in [-0.25, -0.2) is 9.59 Å². The number of halogens is 4. The number of amides is 2. The van der Waals surface area contributed by atoms with Crippen LogP contribution in [0.15, 0.2) is 146 Å². The Labute approximate surface area is 427 Å². The van der Waals surface area contributed by atoms with E-state index in [0.717, 1.165) is 33.4 Å². The fourth-order valence-corrected chi connectivity index (χ4v) is 9.58. The molecular weight excluding hydrogens is 974 g/mol. The van der Waals surface area contributed by atoms with Crippen LogP contribution < -0.4 is 0 Å². The van der Waals surface area contributed by atoms with Gasteiger partial charge in [0.15, 0.2) is 0 Å². The van der Waals surface area contributed by atoms with Crippen LogP contribution in [-0.2, 0) is 41.5 Å². The van der Waals surface area contributed by atoms with Gasteiger partial charge in [-0.15, -0.1) is 0 Å². The van der Waals surface area contributed by atoms with E-state index in [2.05, 4.69) is 9.97 Å². The van der Waals surface area contributed by atoms with E-state index in [-0.39, 0.29) is 11.8 Å². The average molecular weight is 1030 g/mol. The topological polar surface area (TPSA) is 159 Å². The first-order valence-corrected chi connectivity index (χ1v) is 24.5. The molecule has 2 aliphatic heterocycles. The maximum Gasteiger partial charge on any atom is 0.326 e. The van der Waals surface area contributed by atoms with Crippen LogP contribution in [0.2, 0.25) is 20.1 Å². The van der Waals surface area contributed by atoms with Crippen molar-refractivity contribution < 1.29 is 38.9 Å². The highest BCUT2D eigenvalue weighted by Gasteiger charge is 2.50. The molecule has 0 spiro atoms. The molecule has 0 saturated carbocycles. The van der Waals surface area contributed by atoms with Gasteiger partial charge in [0, 0.05) is 57.7 Å². The minimum absolute atomic E-state index is 0.299. The summed E-state index contributed by atoms with van der Waals surface area (Å²) in [6.07, 6.45) is 6.13. The van der Waals surface area contributed by atoms with Crippen LogP contribution >= 0.6 is 46.4 Å². The number of carbonyl (C=O) groups is 4. The zero-order valence-electron chi connectivity index (χ0n) is 38.4. The SMILES string of the molecule is CCC[C@@H](C(=O)O)N1C(=O)[C@@H](Cc2ccncc2)O[C@H](c2ccc(Cl)cc2)[C@@H]1c1ccc(Cl)cc1.CCC[C@H](C(=O)O)N1C(=O)[C@H](Cc2ccncc2)O[C@@H](c2ccc(Cl)cc2)[C@H]1c1ccc(Cl)cc1. The van der Waals surface area contributed by atoms with Crippen LogP contribution in [0.25, 0.3) is 0 Å². The van der Waals surface area contributed by atoms with Crippen molar-refractivity contribution in [1.82, 2.24) is 19.8 Å². The minimum atomic E-state index is -1.04. The molecule has 12 nitrogen and oxygen atoms in total. The lowest BCUT2D eigenvalue weighted by Gasteiger charge is -2.47. The van der Waals surface area contributed by atoms with E-state index in [1.165, 1.54) is 9.80 Å². The van der Waals surface area contributed by atoms with Crippen molar-refractivity contribution in [3.05, 3.63) is 200 Å². The van der Waals surface area contributed by atoms with Gasteiger partial charge in [-0.3, -0.25) is 19.6 Å². The summed E-state index contributed by atoms with van der Waals surface area (Å²) in [5.41, 5.74) is 4.83. The number of morpholine rings is 2. The quantitative estimate of drug-likeness (QED) is 0.0955. The predicted molar refractivity (Wildman–Crippen MR) is 269 cm³/mol. The zero-order chi connectivity index (χ0) is 49.9. The first-order chi connectivity index (χ1) is 33.8. The first-order valence-electron chi connectivity index (χ1n) is 23.0. The molecule has 2 saturated heterocycles. The van der Waals surface area contributed by atoms with E-state index < -0.39 is 60.5 Å². The van der Waals surface area contributed by atoms with E-state index in [9.17, 15) is 29.4 Å². The van der Waals surface area contributed by atoms with Gasteiger partial charge in [0.05, 0.1) is 12.1 Å². The third-order valence-electron chi connectivity index (χ3n) is 12.4. The number of hydrogen-bond acceptors (Lipinski definition) is 8. The molecule has 4 heterocycles. The Morgan fingerprint density at radius 1 is 0.500 bits per heavy atom. The fourth-order valence-electron chi connectivity index (χ4n) is 9.08. The van der Waals surface area contributed by atoms with Crippen LogP contribution in [0.1, 0.15) is 97.2 Å². The number of carboxylic acid groups (broad SMARTS) is 2. The van der Waals surface area contributed by atoms with Gasteiger partial charge < -0.3 is 29.5 Å². The van der Waals surface area contributed by atoms with Gasteiger partial charge in [-0.1, -0.05) is 122 Å². The zero-order valence-corrected chi connectivity index (χ0v) is 41.4. The molecule has 0 aliphatic carbocycles. The Morgan fingerprint density at radius 3 is 1.06 bits per heavy atom. The van der Waals surface area contributed by atoms with Crippen molar-refractivity contribution >= 4 is 70.2 Å². The number of pyridine rings is 2. The molecule has 2 N–H and O–H groups in total. The van der Waals surface area contributed by atoms with E-state index >= 15 is 0 Å².